The molecule has 7 nitrogen and oxygen atoms in total. The van der Waals surface area contributed by atoms with E-state index in [2.05, 4.69) is 15.5 Å². The third kappa shape index (κ3) is 3.20. The number of nitrogens with zero attached hydrogens (tertiary/aromatic N) is 4. The average Bonchev–Trinajstić information content (AvgIpc) is 2.89. The monoisotopic (exact) mass is 295 g/mol. The summed E-state index contributed by atoms with van der Waals surface area (Å²) in [6, 6.07) is 5.37. The lowest BCUT2D eigenvalue weighted by Gasteiger charge is -2.16. The molecule has 0 saturated heterocycles. The summed E-state index contributed by atoms with van der Waals surface area (Å²) >= 11 is 1.49. The molecule has 1 atom stereocenters. The predicted molar refractivity (Wildman–Crippen MR) is 76.0 cm³/mol. The Hall–Kier alpha value is -1.80. The van der Waals surface area contributed by atoms with E-state index in [0.29, 0.717) is 5.75 Å². The van der Waals surface area contributed by atoms with Crippen LogP contribution < -0.4 is 15.2 Å². The molecule has 0 aliphatic carbocycles. The first-order chi connectivity index (χ1) is 9.65. The molecule has 20 heavy (non-hydrogen) atoms. The molecule has 0 fully saturated rings. The summed E-state index contributed by atoms with van der Waals surface area (Å²) in [5.41, 5.74) is 7.13. The van der Waals surface area contributed by atoms with Crippen LogP contribution in [0.4, 0.5) is 0 Å². The first kappa shape index (κ1) is 14.6. The molecule has 1 aromatic heterocycles. The lowest BCUT2D eigenvalue weighted by molar-refractivity contribution is 0.396. The zero-order valence-electron chi connectivity index (χ0n) is 11.6. The molecule has 0 aliphatic heterocycles. The maximum absolute atomic E-state index is 6.23. The number of hydrogen-bond donors (Lipinski definition) is 1. The van der Waals surface area contributed by atoms with E-state index in [1.165, 1.54) is 11.8 Å². The van der Waals surface area contributed by atoms with Gasteiger partial charge in [-0.25, -0.2) is 4.68 Å². The van der Waals surface area contributed by atoms with E-state index in [-0.39, 0.29) is 6.04 Å². The van der Waals surface area contributed by atoms with Gasteiger partial charge in [0.25, 0.3) is 0 Å². The SMILES string of the molecule is COc1ccc(OC)c(C(N)CSc2nnnn2C)c1. The number of benzene rings is 1. The maximum atomic E-state index is 6.23. The van der Waals surface area contributed by atoms with E-state index in [9.17, 15) is 0 Å². The molecule has 0 spiro atoms. The van der Waals surface area contributed by atoms with E-state index in [0.717, 1.165) is 22.2 Å². The summed E-state index contributed by atoms with van der Waals surface area (Å²) in [6.45, 7) is 0. The van der Waals surface area contributed by atoms with E-state index >= 15 is 0 Å². The van der Waals surface area contributed by atoms with Crippen molar-refractivity contribution in [2.45, 2.75) is 11.2 Å². The van der Waals surface area contributed by atoms with E-state index in [1.54, 1.807) is 25.9 Å². The normalized spacial score (nSPS) is 12.2. The molecule has 0 saturated carbocycles. The van der Waals surface area contributed by atoms with Gasteiger partial charge >= 0.3 is 0 Å². The van der Waals surface area contributed by atoms with Crippen LogP contribution in [0.3, 0.4) is 0 Å². The topological polar surface area (TPSA) is 88.1 Å². The Kier molecular flexibility index (Phi) is 4.80. The number of aryl methyl sites for hydroxylation is 1. The van der Waals surface area contributed by atoms with Crippen molar-refractivity contribution in [3.05, 3.63) is 23.8 Å². The molecule has 108 valence electrons. The highest BCUT2D eigenvalue weighted by Gasteiger charge is 2.15. The largest absolute Gasteiger partial charge is 0.497 e. The smallest absolute Gasteiger partial charge is 0.209 e. The summed E-state index contributed by atoms with van der Waals surface area (Å²) in [6.07, 6.45) is 0. The van der Waals surface area contributed by atoms with Crippen molar-refractivity contribution in [1.29, 1.82) is 0 Å². The number of rotatable bonds is 6. The van der Waals surface area contributed by atoms with Gasteiger partial charge in [0, 0.05) is 24.4 Å². The number of tetrazole rings is 1. The fraction of sp³-hybridized carbons (Fsp3) is 0.417. The van der Waals surface area contributed by atoms with Crippen molar-refractivity contribution in [2.75, 3.05) is 20.0 Å². The third-order valence-electron chi connectivity index (χ3n) is 2.81. The second-order valence-electron chi connectivity index (χ2n) is 4.11. The van der Waals surface area contributed by atoms with Crippen molar-refractivity contribution in [3.8, 4) is 11.5 Å². The lowest BCUT2D eigenvalue weighted by atomic mass is 10.1. The fourth-order valence-corrected chi connectivity index (χ4v) is 2.55. The first-order valence-corrected chi connectivity index (χ1v) is 6.97. The van der Waals surface area contributed by atoms with E-state index in [1.807, 2.05) is 18.2 Å². The molecule has 0 aliphatic rings. The summed E-state index contributed by atoms with van der Waals surface area (Å²) in [4.78, 5) is 0. The van der Waals surface area contributed by atoms with Crippen molar-refractivity contribution < 1.29 is 9.47 Å². The Labute approximate surface area is 121 Å². The molecule has 2 N–H and O–H groups in total. The molecule has 1 heterocycles. The number of aromatic nitrogens is 4. The van der Waals surface area contributed by atoms with Gasteiger partial charge in [-0.3, -0.25) is 0 Å². The molecule has 0 amide bonds. The summed E-state index contributed by atoms with van der Waals surface area (Å²) < 4.78 is 12.2. The van der Waals surface area contributed by atoms with Crippen molar-refractivity contribution >= 4 is 11.8 Å². The van der Waals surface area contributed by atoms with Crippen LogP contribution in [0.15, 0.2) is 23.4 Å². The van der Waals surface area contributed by atoms with Crippen LogP contribution in [0.1, 0.15) is 11.6 Å². The number of hydrogen-bond acceptors (Lipinski definition) is 7. The predicted octanol–water partition coefficient (Wildman–Crippen LogP) is 1.02. The molecule has 1 aromatic carbocycles. The van der Waals surface area contributed by atoms with Crippen molar-refractivity contribution in [2.24, 2.45) is 12.8 Å². The van der Waals surface area contributed by atoms with Gasteiger partial charge in [0.2, 0.25) is 5.16 Å². The van der Waals surface area contributed by atoms with Gasteiger partial charge in [-0.1, -0.05) is 11.8 Å². The molecule has 8 heteroatoms. The Balaban J connectivity index is 2.11. The Morgan fingerprint density at radius 1 is 1.35 bits per heavy atom. The highest BCUT2D eigenvalue weighted by Crippen LogP contribution is 2.30. The Bertz CT molecular complexity index is 575. The van der Waals surface area contributed by atoms with Crippen LogP contribution >= 0.6 is 11.8 Å². The molecule has 1 unspecified atom stereocenters. The van der Waals surface area contributed by atoms with Crippen LogP contribution in [-0.4, -0.2) is 40.2 Å². The van der Waals surface area contributed by atoms with Gasteiger partial charge in [0.05, 0.1) is 14.2 Å². The zero-order chi connectivity index (χ0) is 14.5. The molecular weight excluding hydrogens is 278 g/mol. The van der Waals surface area contributed by atoms with Crippen LogP contribution in [0.5, 0.6) is 11.5 Å². The number of ether oxygens (including phenoxy) is 2. The lowest BCUT2D eigenvalue weighted by Crippen LogP contribution is -2.14. The van der Waals surface area contributed by atoms with Crippen LogP contribution in [0.25, 0.3) is 0 Å². The second kappa shape index (κ2) is 6.58. The fourth-order valence-electron chi connectivity index (χ4n) is 1.73. The Morgan fingerprint density at radius 3 is 2.75 bits per heavy atom. The van der Waals surface area contributed by atoms with E-state index < -0.39 is 0 Å². The van der Waals surface area contributed by atoms with Crippen LogP contribution in [0.2, 0.25) is 0 Å². The minimum Gasteiger partial charge on any atom is -0.497 e. The van der Waals surface area contributed by atoms with Gasteiger partial charge in [-0.2, -0.15) is 0 Å². The van der Waals surface area contributed by atoms with Crippen molar-refractivity contribution in [3.63, 3.8) is 0 Å². The highest BCUT2D eigenvalue weighted by atomic mass is 32.2. The van der Waals surface area contributed by atoms with E-state index in [4.69, 9.17) is 15.2 Å². The summed E-state index contributed by atoms with van der Waals surface area (Å²) in [7, 11) is 5.04. The second-order valence-corrected chi connectivity index (χ2v) is 5.10. The van der Waals surface area contributed by atoms with Gasteiger partial charge < -0.3 is 15.2 Å². The van der Waals surface area contributed by atoms with Gasteiger partial charge in [0.1, 0.15) is 11.5 Å². The Morgan fingerprint density at radius 2 is 2.15 bits per heavy atom. The summed E-state index contributed by atoms with van der Waals surface area (Å²) in [5.74, 6) is 2.13. The molecular formula is C12H17N5O2S. The van der Waals surface area contributed by atoms with Gasteiger partial charge in [-0.05, 0) is 28.6 Å². The van der Waals surface area contributed by atoms with Gasteiger partial charge in [-0.15, -0.1) is 5.10 Å². The molecule has 0 bridgehead atoms. The molecule has 2 rings (SSSR count). The van der Waals surface area contributed by atoms with Gasteiger partial charge in [0.15, 0.2) is 0 Å². The quantitative estimate of drug-likeness (QED) is 0.796. The zero-order valence-corrected chi connectivity index (χ0v) is 12.4. The minimum absolute atomic E-state index is 0.207. The number of thioether (sulfide) groups is 1. The minimum atomic E-state index is -0.207. The van der Waals surface area contributed by atoms with Crippen LogP contribution in [-0.2, 0) is 7.05 Å². The summed E-state index contributed by atoms with van der Waals surface area (Å²) in [5, 5.41) is 12.0. The third-order valence-corrected chi connectivity index (χ3v) is 3.94. The molecule has 0 radical (unpaired) electrons. The van der Waals surface area contributed by atoms with Crippen LogP contribution in [0, 0.1) is 0 Å². The number of methoxy groups -OCH3 is 2. The van der Waals surface area contributed by atoms with Crippen molar-refractivity contribution in [1.82, 2.24) is 20.2 Å². The molecule has 2 aromatic rings. The first-order valence-electron chi connectivity index (χ1n) is 5.98. The average molecular weight is 295 g/mol. The number of nitrogens with two attached hydrogens (primary N) is 1. The standard InChI is InChI=1S/C12H17N5O2S/c1-17-12(14-15-16-17)20-7-10(13)9-6-8(18-2)4-5-11(9)19-3/h4-6,10H,7,13H2,1-3H3. The maximum Gasteiger partial charge on any atom is 0.209 e. The highest BCUT2D eigenvalue weighted by molar-refractivity contribution is 7.99.